The lowest BCUT2D eigenvalue weighted by Crippen LogP contribution is -3.15. The minimum atomic E-state index is -0.283. The lowest BCUT2D eigenvalue weighted by atomic mass is 10.3. The quantitative estimate of drug-likeness (QED) is 0.812. The van der Waals surface area contributed by atoms with Crippen LogP contribution in [0.25, 0.3) is 0 Å². The summed E-state index contributed by atoms with van der Waals surface area (Å²) in [5.41, 5.74) is 0.635. The van der Waals surface area contributed by atoms with Gasteiger partial charge in [0, 0.05) is 5.69 Å². The molecule has 0 saturated carbocycles. The molecule has 132 valence electrons. The topological polar surface area (TPSA) is 72.3 Å². The maximum atomic E-state index is 12.2. The predicted molar refractivity (Wildman–Crippen MR) is 90.8 cm³/mol. The van der Waals surface area contributed by atoms with Crippen LogP contribution < -0.4 is 15.0 Å². The van der Waals surface area contributed by atoms with Crippen LogP contribution in [0.3, 0.4) is 0 Å². The second-order valence-electron chi connectivity index (χ2n) is 5.51. The number of halogens is 1. The fourth-order valence-electron chi connectivity index (χ4n) is 2.57. The molecule has 0 aromatic heterocycles. The van der Waals surface area contributed by atoms with Crippen molar-refractivity contribution in [2.75, 3.05) is 51.8 Å². The molecule has 1 aromatic carbocycles. The number of carbonyl (C=O) groups excluding carboxylic acids is 2. The molecule has 0 spiro atoms. The molecule has 0 bridgehead atoms. The van der Waals surface area contributed by atoms with E-state index in [0.717, 1.165) is 18.0 Å². The summed E-state index contributed by atoms with van der Waals surface area (Å²) in [5.74, 6) is 0.478. The number of amides is 2. The van der Waals surface area contributed by atoms with Gasteiger partial charge in [-0.25, -0.2) is 4.79 Å². The molecule has 2 amide bonds. The zero-order valence-corrected chi connectivity index (χ0v) is 14.7. The Hall–Kier alpha value is -1.99. The van der Waals surface area contributed by atoms with E-state index in [0.29, 0.717) is 42.7 Å². The number of anilines is 1. The molecular formula is C16H23ClN3O4+. The number of carbonyl (C=O) groups is 2. The first-order valence-electron chi connectivity index (χ1n) is 7.92. The highest BCUT2D eigenvalue weighted by Crippen LogP contribution is 2.26. The zero-order chi connectivity index (χ0) is 17.5. The van der Waals surface area contributed by atoms with E-state index in [2.05, 4.69) is 5.32 Å². The average molecular weight is 357 g/mol. The van der Waals surface area contributed by atoms with Gasteiger partial charge in [0.25, 0.3) is 5.91 Å². The fraction of sp³-hybridized carbons (Fsp3) is 0.500. The fourth-order valence-corrected chi connectivity index (χ4v) is 2.83. The van der Waals surface area contributed by atoms with Crippen LogP contribution in [-0.2, 0) is 9.53 Å². The number of hydrogen-bond acceptors (Lipinski definition) is 4. The van der Waals surface area contributed by atoms with Crippen LogP contribution >= 0.6 is 11.6 Å². The van der Waals surface area contributed by atoms with E-state index < -0.39 is 0 Å². The highest BCUT2D eigenvalue weighted by atomic mass is 35.5. The number of methoxy groups -OCH3 is 1. The Labute approximate surface area is 146 Å². The molecule has 1 saturated heterocycles. The summed E-state index contributed by atoms with van der Waals surface area (Å²) in [6.07, 6.45) is -0.283. The Balaban J connectivity index is 1.79. The highest BCUT2D eigenvalue weighted by molar-refractivity contribution is 6.32. The van der Waals surface area contributed by atoms with Gasteiger partial charge in [-0.2, -0.15) is 0 Å². The maximum Gasteiger partial charge on any atom is 0.410 e. The molecule has 24 heavy (non-hydrogen) atoms. The van der Waals surface area contributed by atoms with Crippen molar-refractivity contribution >= 4 is 29.3 Å². The van der Waals surface area contributed by atoms with E-state index in [9.17, 15) is 9.59 Å². The summed E-state index contributed by atoms with van der Waals surface area (Å²) in [6, 6.07) is 5.12. The van der Waals surface area contributed by atoms with Crippen LogP contribution in [0.5, 0.6) is 5.75 Å². The van der Waals surface area contributed by atoms with Crippen LogP contribution in [0.15, 0.2) is 18.2 Å². The van der Waals surface area contributed by atoms with Gasteiger partial charge < -0.3 is 19.7 Å². The van der Waals surface area contributed by atoms with Gasteiger partial charge in [0.05, 0.1) is 44.9 Å². The standard InChI is InChI=1S/C16H22ClN3O4/c1-3-24-16(22)20-8-6-19(7-9-20)11-15(21)18-12-4-5-14(23-2)13(17)10-12/h4-5,10H,3,6-9,11H2,1-2H3,(H,18,21)/p+1. The Morgan fingerprint density at radius 3 is 2.62 bits per heavy atom. The second kappa shape index (κ2) is 8.75. The molecule has 0 radical (unpaired) electrons. The molecule has 8 heteroatoms. The van der Waals surface area contributed by atoms with Gasteiger partial charge in [-0.3, -0.25) is 9.69 Å². The Morgan fingerprint density at radius 2 is 2.04 bits per heavy atom. The van der Waals surface area contributed by atoms with Crippen LogP contribution in [0.2, 0.25) is 5.02 Å². The molecular weight excluding hydrogens is 334 g/mol. The molecule has 0 unspecified atom stereocenters. The first kappa shape index (κ1) is 18.4. The molecule has 0 atom stereocenters. The summed E-state index contributed by atoms with van der Waals surface area (Å²) in [6.45, 7) is 5.13. The summed E-state index contributed by atoms with van der Waals surface area (Å²) in [4.78, 5) is 26.6. The monoisotopic (exact) mass is 356 g/mol. The average Bonchev–Trinajstić information content (AvgIpc) is 2.56. The summed E-state index contributed by atoms with van der Waals surface area (Å²) in [5, 5.41) is 3.28. The van der Waals surface area contributed by atoms with Crippen LogP contribution in [-0.4, -0.2) is 63.3 Å². The van der Waals surface area contributed by atoms with Crippen LogP contribution in [0.4, 0.5) is 10.5 Å². The van der Waals surface area contributed by atoms with E-state index in [1.165, 1.54) is 0 Å². The number of nitrogens with zero attached hydrogens (tertiary/aromatic N) is 1. The Bertz CT molecular complexity index is 589. The van der Waals surface area contributed by atoms with Crippen molar-refractivity contribution in [2.24, 2.45) is 0 Å². The number of hydrogen-bond donors (Lipinski definition) is 2. The van der Waals surface area contributed by atoms with Crippen LogP contribution in [0.1, 0.15) is 6.92 Å². The second-order valence-corrected chi connectivity index (χ2v) is 5.92. The van der Waals surface area contributed by atoms with Gasteiger partial charge in [-0.15, -0.1) is 0 Å². The van der Waals surface area contributed by atoms with E-state index in [4.69, 9.17) is 21.1 Å². The SMILES string of the molecule is CCOC(=O)N1CC[NH+](CC(=O)Nc2ccc(OC)c(Cl)c2)CC1. The van der Waals surface area contributed by atoms with E-state index in [1.54, 1.807) is 37.1 Å². The largest absolute Gasteiger partial charge is 0.495 e. The smallest absolute Gasteiger partial charge is 0.410 e. The molecule has 1 fully saturated rings. The van der Waals surface area contributed by atoms with Gasteiger partial charge in [-0.05, 0) is 25.1 Å². The molecule has 2 rings (SSSR count). The number of benzene rings is 1. The third-order valence-electron chi connectivity index (χ3n) is 3.84. The van der Waals surface area contributed by atoms with Crippen molar-refractivity contribution in [1.82, 2.24) is 4.90 Å². The van der Waals surface area contributed by atoms with Gasteiger partial charge in [-0.1, -0.05) is 11.6 Å². The van der Waals surface area contributed by atoms with E-state index >= 15 is 0 Å². The number of rotatable bonds is 5. The number of quaternary nitrogens is 1. The van der Waals surface area contributed by atoms with Crippen molar-refractivity contribution in [3.8, 4) is 5.75 Å². The number of ether oxygens (including phenoxy) is 2. The van der Waals surface area contributed by atoms with Gasteiger partial charge in [0.15, 0.2) is 6.54 Å². The predicted octanol–water partition coefficient (Wildman–Crippen LogP) is 0.644. The molecule has 1 heterocycles. The third-order valence-corrected chi connectivity index (χ3v) is 4.14. The Kier molecular flexibility index (Phi) is 6.69. The van der Waals surface area contributed by atoms with E-state index in [1.807, 2.05) is 0 Å². The van der Waals surface area contributed by atoms with E-state index in [-0.39, 0.29) is 12.0 Å². The Morgan fingerprint density at radius 1 is 1.33 bits per heavy atom. The first-order chi connectivity index (χ1) is 11.5. The summed E-state index contributed by atoms with van der Waals surface area (Å²) < 4.78 is 10.1. The van der Waals surface area contributed by atoms with Crippen molar-refractivity contribution < 1.29 is 24.0 Å². The maximum absolute atomic E-state index is 12.2. The zero-order valence-electron chi connectivity index (χ0n) is 13.9. The minimum absolute atomic E-state index is 0.0872. The third kappa shape index (κ3) is 5.01. The lowest BCUT2D eigenvalue weighted by Gasteiger charge is -2.31. The molecule has 0 aliphatic carbocycles. The molecule has 1 aliphatic heterocycles. The molecule has 1 aliphatic rings. The lowest BCUT2D eigenvalue weighted by molar-refractivity contribution is -0.895. The molecule has 1 aromatic rings. The van der Waals surface area contributed by atoms with Crippen molar-refractivity contribution in [1.29, 1.82) is 0 Å². The minimum Gasteiger partial charge on any atom is -0.495 e. The molecule has 2 N–H and O–H groups in total. The normalized spacial score (nSPS) is 15.0. The summed E-state index contributed by atoms with van der Waals surface area (Å²) in [7, 11) is 1.54. The number of piperazine rings is 1. The molecule has 7 nitrogen and oxygen atoms in total. The van der Waals surface area contributed by atoms with Crippen LogP contribution in [0, 0.1) is 0 Å². The van der Waals surface area contributed by atoms with Crippen molar-refractivity contribution in [3.05, 3.63) is 23.2 Å². The van der Waals surface area contributed by atoms with Gasteiger partial charge >= 0.3 is 6.09 Å². The van der Waals surface area contributed by atoms with Gasteiger partial charge in [0.1, 0.15) is 5.75 Å². The summed E-state index contributed by atoms with van der Waals surface area (Å²) >= 11 is 6.05. The highest BCUT2D eigenvalue weighted by Gasteiger charge is 2.25. The number of nitrogens with one attached hydrogen (secondary N) is 2. The first-order valence-corrected chi connectivity index (χ1v) is 8.30. The van der Waals surface area contributed by atoms with Crippen molar-refractivity contribution in [3.63, 3.8) is 0 Å². The van der Waals surface area contributed by atoms with Crippen molar-refractivity contribution in [2.45, 2.75) is 6.92 Å². The van der Waals surface area contributed by atoms with Gasteiger partial charge in [0.2, 0.25) is 0 Å².